The highest BCUT2D eigenvalue weighted by Gasteiger charge is 2.19. The average Bonchev–Trinajstić information content (AvgIpc) is 2.73. The molecular formula is C28H44. The highest BCUT2D eigenvalue weighted by molar-refractivity contribution is 5.26. The fraction of sp³-hybridized carbons (Fsp3) is 0.786. The summed E-state index contributed by atoms with van der Waals surface area (Å²) in [7, 11) is 0. The predicted molar refractivity (Wildman–Crippen MR) is 124 cm³/mol. The van der Waals surface area contributed by atoms with E-state index in [2.05, 4.69) is 37.5 Å². The molecule has 2 fully saturated rings. The fourth-order valence-corrected chi connectivity index (χ4v) is 5.05. The molecule has 0 radical (unpaired) electrons. The van der Waals surface area contributed by atoms with Crippen LogP contribution < -0.4 is 0 Å². The molecule has 0 N–H and O–H groups in total. The van der Waals surface area contributed by atoms with Crippen LogP contribution in [-0.2, 0) is 0 Å². The van der Waals surface area contributed by atoms with Gasteiger partial charge in [-0.15, -0.1) is 0 Å². The number of allylic oxidation sites excluding steroid dienone is 2. The van der Waals surface area contributed by atoms with Gasteiger partial charge in [-0.3, -0.25) is 0 Å². The van der Waals surface area contributed by atoms with E-state index in [0.717, 1.165) is 11.8 Å². The molecule has 2 aliphatic carbocycles. The van der Waals surface area contributed by atoms with Gasteiger partial charge in [0.2, 0.25) is 0 Å². The van der Waals surface area contributed by atoms with Gasteiger partial charge in [0.05, 0.1) is 0 Å². The molecule has 0 nitrogen and oxygen atoms in total. The largest absolute Gasteiger partial charge is 0.0951 e. The molecule has 0 amide bonds. The van der Waals surface area contributed by atoms with Crippen LogP contribution in [0.4, 0.5) is 0 Å². The lowest BCUT2D eigenvalue weighted by Crippen LogP contribution is -2.13. The first-order valence-electron chi connectivity index (χ1n) is 12.5. The molecule has 0 spiro atoms. The van der Waals surface area contributed by atoms with Gasteiger partial charge in [-0.2, -0.15) is 0 Å². The van der Waals surface area contributed by atoms with Crippen molar-refractivity contribution in [3.63, 3.8) is 0 Å². The van der Waals surface area contributed by atoms with Crippen LogP contribution in [0.5, 0.6) is 0 Å². The lowest BCUT2D eigenvalue weighted by atomic mass is 9.80. The van der Waals surface area contributed by atoms with Crippen molar-refractivity contribution in [1.29, 1.82) is 0 Å². The Labute approximate surface area is 176 Å². The highest BCUT2D eigenvalue weighted by atomic mass is 14.2. The average molecular weight is 381 g/mol. The summed E-state index contributed by atoms with van der Waals surface area (Å²) in [6.45, 7) is 4.60. The van der Waals surface area contributed by atoms with Crippen molar-refractivity contribution in [3.8, 4) is 23.7 Å². The van der Waals surface area contributed by atoms with Gasteiger partial charge in [0.1, 0.15) is 0 Å². The van der Waals surface area contributed by atoms with Crippen LogP contribution in [0.1, 0.15) is 117 Å². The second-order valence-corrected chi connectivity index (χ2v) is 9.34. The summed E-state index contributed by atoms with van der Waals surface area (Å²) < 4.78 is 0. The van der Waals surface area contributed by atoms with E-state index in [-0.39, 0.29) is 0 Å². The summed E-state index contributed by atoms with van der Waals surface area (Å²) in [5.41, 5.74) is 0. The molecule has 2 rings (SSSR count). The minimum atomic E-state index is 0.628. The number of rotatable bonds is 8. The lowest BCUT2D eigenvalue weighted by molar-refractivity contribution is 0.294. The highest BCUT2D eigenvalue weighted by Crippen LogP contribution is 2.32. The Kier molecular flexibility index (Phi) is 12.2. The van der Waals surface area contributed by atoms with E-state index in [4.69, 9.17) is 0 Å². The molecule has 0 aromatic carbocycles. The van der Waals surface area contributed by atoms with Gasteiger partial charge in [0.25, 0.3) is 0 Å². The maximum Gasteiger partial charge on any atom is 0.0206 e. The topological polar surface area (TPSA) is 0 Å². The Morgan fingerprint density at radius 1 is 0.571 bits per heavy atom. The second kappa shape index (κ2) is 14.8. The molecule has 0 aliphatic heterocycles. The molecule has 0 saturated heterocycles. The van der Waals surface area contributed by atoms with E-state index in [1.54, 1.807) is 0 Å². The van der Waals surface area contributed by atoms with Crippen LogP contribution >= 0.6 is 0 Å². The van der Waals surface area contributed by atoms with Crippen LogP contribution in [0.15, 0.2) is 12.2 Å². The maximum atomic E-state index is 3.48. The summed E-state index contributed by atoms with van der Waals surface area (Å²) in [5, 5.41) is 0. The molecule has 28 heavy (non-hydrogen) atoms. The van der Waals surface area contributed by atoms with Gasteiger partial charge >= 0.3 is 0 Å². The summed E-state index contributed by atoms with van der Waals surface area (Å²) in [4.78, 5) is 0. The minimum absolute atomic E-state index is 0.628. The molecule has 0 unspecified atom stereocenters. The second-order valence-electron chi connectivity index (χ2n) is 9.34. The van der Waals surface area contributed by atoms with E-state index in [0.29, 0.717) is 11.8 Å². The summed E-state index contributed by atoms with van der Waals surface area (Å²) in [6.07, 6.45) is 26.1. The number of hydrogen-bond acceptors (Lipinski definition) is 0. The Balaban J connectivity index is 1.56. The summed E-state index contributed by atoms with van der Waals surface area (Å²) in [5.74, 6) is 16.7. The Morgan fingerprint density at radius 2 is 1.07 bits per heavy atom. The Hall–Kier alpha value is -1.14. The lowest BCUT2D eigenvalue weighted by Gasteiger charge is -2.25. The molecule has 2 aliphatic rings. The van der Waals surface area contributed by atoms with Crippen molar-refractivity contribution >= 4 is 0 Å². The van der Waals surface area contributed by atoms with Crippen LogP contribution in [0.2, 0.25) is 0 Å². The van der Waals surface area contributed by atoms with Crippen molar-refractivity contribution < 1.29 is 0 Å². The summed E-state index contributed by atoms with van der Waals surface area (Å²) >= 11 is 0. The van der Waals surface area contributed by atoms with Gasteiger partial charge in [0, 0.05) is 11.8 Å². The molecule has 0 aromatic rings. The van der Waals surface area contributed by atoms with Crippen molar-refractivity contribution in [2.45, 2.75) is 117 Å². The van der Waals surface area contributed by atoms with Crippen LogP contribution in [0, 0.1) is 47.4 Å². The monoisotopic (exact) mass is 380 g/mol. The fourth-order valence-electron chi connectivity index (χ4n) is 5.05. The number of hydrogen-bond donors (Lipinski definition) is 0. The molecule has 0 atom stereocenters. The zero-order valence-electron chi connectivity index (χ0n) is 18.8. The van der Waals surface area contributed by atoms with Crippen molar-refractivity contribution in [3.05, 3.63) is 12.2 Å². The zero-order chi connectivity index (χ0) is 19.9. The quantitative estimate of drug-likeness (QED) is 0.293. The number of unbranched alkanes of at least 4 members (excludes halogenated alkanes) is 4. The SMILES string of the molecule is CCCCCCCC1CCC(C#C/C=C/C#CC2CCC(CCC)CC2)CC1. The van der Waals surface area contributed by atoms with E-state index in [1.807, 2.05) is 12.2 Å². The van der Waals surface area contributed by atoms with Crippen molar-refractivity contribution in [2.75, 3.05) is 0 Å². The molecular weight excluding hydrogens is 336 g/mol. The van der Waals surface area contributed by atoms with Crippen molar-refractivity contribution in [1.82, 2.24) is 0 Å². The Bertz CT molecular complexity index is 530. The molecule has 0 heterocycles. The van der Waals surface area contributed by atoms with Gasteiger partial charge in [-0.05, 0) is 75.4 Å². The van der Waals surface area contributed by atoms with E-state index in [1.165, 1.54) is 103 Å². The van der Waals surface area contributed by atoms with E-state index in [9.17, 15) is 0 Å². The smallest absolute Gasteiger partial charge is 0.0206 e. The zero-order valence-corrected chi connectivity index (χ0v) is 18.8. The molecule has 0 heteroatoms. The molecule has 2 saturated carbocycles. The molecule has 0 bridgehead atoms. The summed E-state index contributed by atoms with van der Waals surface area (Å²) in [6, 6.07) is 0. The minimum Gasteiger partial charge on any atom is -0.0951 e. The van der Waals surface area contributed by atoms with Gasteiger partial charge in [-0.1, -0.05) is 88.9 Å². The van der Waals surface area contributed by atoms with E-state index < -0.39 is 0 Å². The standard InChI is InChI=1S/C28H44/c1-3-5-6-7-10-14-27-21-23-28(24-22-27)16-12-9-8-11-15-26-19-17-25(13-4-2)18-20-26/h8-9,25-28H,3-7,10,13-14,17-24H2,1-2H3/b9-8+. The molecule has 0 aromatic heterocycles. The van der Waals surface area contributed by atoms with Crippen LogP contribution in [-0.4, -0.2) is 0 Å². The normalized spacial score (nSPS) is 27.6. The van der Waals surface area contributed by atoms with E-state index >= 15 is 0 Å². The first-order chi connectivity index (χ1) is 13.8. The van der Waals surface area contributed by atoms with Gasteiger partial charge in [-0.25, -0.2) is 0 Å². The predicted octanol–water partition coefficient (Wildman–Crippen LogP) is 8.32. The first kappa shape index (κ1) is 23.1. The van der Waals surface area contributed by atoms with Crippen molar-refractivity contribution in [2.24, 2.45) is 23.7 Å². The maximum absolute atomic E-state index is 3.48. The third kappa shape index (κ3) is 9.87. The molecule has 156 valence electrons. The first-order valence-corrected chi connectivity index (χ1v) is 12.5. The van der Waals surface area contributed by atoms with Crippen LogP contribution in [0.3, 0.4) is 0 Å². The Morgan fingerprint density at radius 3 is 1.57 bits per heavy atom. The third-order valence-electron chi connectivity index (χ3n) is 6.93. The van der Waals surface area contributed by atoms with Crippen LogP contribution in [0.25, 0.3) is 0 Å². The van der Waals surface area contributed by atoms with Gasteiger partial charge < -0.3 is 0 Å². The third-order valence-corrected chi connectivity index (χ3v) is 6.93. The van der Waals surface area contributed by atoms with Gasteiger partial charge in [0.15, 0.2) is 0 Å².